The summed E-state index contributed by atoms with van der Waals surface area (Å²) in [4.78, 5) is 3.06. The Bertz CT molecular complexity index is 573. The maximum atomic E-state index is 5.73. The highest BCUT2D eigenvalue weighted by molar-refractivity contribution is 7.80. The van der Waals surface area contributed by atoms with Crippen molar-refractivity contribution in [3.05, 3.63) is 51.2 Å². The highest BCUT2D eigenvalue weighted by atomic mass is 32.1. The van der Waals surface area contributed by atoms with E-state index in [0.29, 0.717) is 4.99 Å². The molecule has 0 fully saturated rings. The third kappa shape index (κ3) is 3.09. The van der Waals surface area contributed by atoms with Crippen LogP contribution in [0.3, 0.4) is 0 Å². The summed E-state index contributed by atoms with van der Waals surface area (Å²) in [5.74, 6) is 0. The molecule has 2 nitrogen and oxygen atoms in total. The van der Waals surface area contributed by atoms with Gasteiger partial charge >= 0.3 is 0 Å². The van der Waals surface area contributed by atoms with Crippen LogP contribution in [-0.4, -0.2) is 4.99 Å². The van der Waals surface area contributed by atoms with E-state index in [1.165, 1.54) is 15.3 Å². The van der Waals surface area contributed by atoms with Crippen molar-refractivity contribution in [1.82, 2.24) is 0 Å². The predicted molar refractivity (Wildman–Crippen MR) is 83.4 cm³/mol. The highest BCUT2D eigenvalue weighted by Crippen LogP contribution is 2.21. The molecule has 0 aliphatic carbocycles. The van der Waals surface area contributed by atoms with Crippen LogP contribution in [0.1, 0.15) is 20.9 Å². The van der Waals surface area contributed by atoms with Gasteiger partial charge < -0.3 is 11.1 Å². The van der Waals surface area contributed by atoms with E-state index in [-0.39, 0.29) is 0 Å². The summed E-state index contributed by atoms with van der Waals surface area (Å²) in [7, 11) is 0. The number of aryl methyl sites for hydroxylation is 2. The largest absolute Gasteiger partial charge is 0.389 e. The Morgan fingerprint density at radius 2 is 2.06 bits per heavy atom. The Morgan fingerprint density at radius 3 is 2.67 bits per heavy atom. The number of anilines is 1. The topological polar surface area (TPSA) is 38.0 Å². The Kier molecular flexibility index (Phi) is 3.99. The third-order valence-electron chi connectivity index (χ3n) is 2.69. The number of hydrogen-bond acceptors (Lipinski definition) is 3. The molecule has 0 unspecified atom stereocenters. The molecule has 0 saturated carbocycles. The van der Waals surface area contributed by atoms with Gasteiger partial charge in [0.25, 0.3) is 0 Å². The monoisotopic (exact) mass is 276 g/mol. The van der Waals surface area contributed by atoms with Crippen LogP contribution < -0.4 is 11.1 Å². The van der Waals surface area contributed by atoms with Crippen LogP contribution in [0, 0.1) is 13.8 Å². The minimum Gasteiger partial charge on any atom is -0.389 e. The zero-order chi connectivity index (χ0) is 13.1. The van der Waals surface area contributed by atoms with Crippen LogP contribution in [0.25, 0.3) is 0 Å². The third-order valence-corrected chi connectivity index (χ3v) is 3.91. The van der Waals surface area contributed by atoms with E-state index in [4.69, 9.17) is 18.0 Å². The fourth-order valence-corrected chi connectivity index (χ4v) is 2.79. The van der Waals surface area contributed by atoms with Gasteiger partial charge in [0.15, 0.2) is 0 Å². The number of nitrogens with two attached hydrogens (primary N) is 1. The molecule has 3 N–H and O–H groups in total. The SMILES string of the molecule is Cc1ccc(C(N)=S)c(NCc2ccc(C)s2)c1. The number of benzene rings is 1. The lowest BCUT2D eigenvalue weighted by atomic mass is 10.1. The summed E-state index contributed by atoms with van der Waals surface area (Å²) in [5, 5.41) is 3.41. The second-order valence-electron chi connectivity index (χ2n) is 4.28. The van der Waals surface area contributed by atoms with Crippen molar-refractivity contribution >= 4 is 34.2 Å². The van der Waals surface area contributed by atoms with Crippen LogP contribution in [0.15, 0.2) is 30.3 Å². The minimum absolute atomic E-state index is 0.430. The quantitative estimate of drug-likeness (QED) is 0.838. The molecule has 1 heterocycles. The minimum atomic E-state index is 0.430. The van der Waals surface area contributed by atoms with Gasteiger partial charge in [0.2, 0.25) is 0 Å². The summed E-state index contributed by atoms with van der Waals surface area (Å²) in [6.45, 7) is 4.97. The van der Waals surface area contributed by atoms with Gasteiger partial charge in [-0.1, -0.05) is 18.3 Å². The molecule has 2 aromatic rings. The maximum absolute atomic E-state index is 5.73. The fourth-order valence-electron chi connectivity index (χ4n) is 1.78. The average Bonchev–Trinajstić information content (AvgIpc) is 2.72. The number of hydrogen-bond donors (Lipinski definition) is 2. The molecule has 94 valence electrons. The Morgan fingerprint density at radius 1 is 1.28 bits per heavy atom. The fraction of sp³-hybridized carbons (Fsp3) is 0.214. The van der Waals surface area contributed by atoms with Crippen LogP contribution in [0.5, 0.6) is 0 Å². The predicted octanol–water partition coefficient (Wildman–Crippen LogP) is 3.61. The van der Waals surface area contributed by atoms with Crippen molar-refractivity contribution in [3.63, 3.8) is 0 Å². The van der Waals surface area contributed by atoms with Crippen molar-refractivity contribution in [2.24, 2.45) is 5.73 Å². The summed E-state index contributed by atoms with van der Waals surface area (Å²) in [6.07, 6.45) is 0. The van der Waals surface area contributed by atoms with Crippen LogP contribution in [-0.2, 0) is 6.54 Å². The Balaban J connectivity index is 2.17. The lowest BCUT2D eigenvalue weighted by Crippen LogP contribution is -2.13. The van der Waals surface area contributed by atoms with Gasteiger partial charge in [-0.2, -0.15) is 0 Å². The summed E-state index contributed by atoms with van der Waals surface area (Å²) in [6, 6.07) is 10.3. The van der Waals surface area contributed by atoms with E-state index in [1.807, 2.05) is 12.1 Å². The van der Waals surface area contributed by atoms with Crippen molar-refractivity contribution in [2.45, 2.75) is 20.4 Å². The molecule has 0 saturated heterocycles. The molecule has 1 aromatic carbocycles. The first-order chi connectivity index (χ1) is 8.56. The number of thiocarbonyl (C=S) groups is 1. The molecule has 2 rings (SSSR count). The molecule has 0 aliphatic rings. The van der Waals surface area contributed by atoms with E-state index in [0.717, 1.165) is 17.8 Å². The summed E-state index contributed by atoms with van der Waals surface area (Å²) >= 11 is 6.87. The van der Waals surface area contributed by atoms with Crippen LogP contribution in [0.4, 0.5) is 5.69 Å². The molecule has 0 radical (unpaired) electrons. The maximum Gasteiger partial charge on any atom is 0.106 e. The second kappa shape index (κ2) is 5.50. The Hall–Kier alpha value is -1.39. The summed E-state index contributed by atoms with van der Waals surface area (Å²) < 4.78 is 0. The molecular weight excluding hydrogens is 260 g/mol. The standard InChI is InChI=1S/C14H16N2S2/c1-9-3-6-12(14(15)17)13(7-9)16-8-11-5-4-10(2)18-11/h3-7,16H,8H2,1-2H3,(H2,15,17). The molecule has 0 spiro atoms. The van der Waals surface area contributed by atoms with E-state index < -0.39 is 0 Å². The van der Waals surface area contributed by atoms with Gasteiger partial charge in [0, 0.05) is 27.5 Å². The zero-order valence-electron chi connectivity index (χ0n) is 10.5. The molecule has 18 heavy (non-hydrogen) atoms. The van der Waals surface area contributed by atoms with Gasteiger partial charge in [0.1, 0.15) is 4.99 Å². The van der Waals surface area contributed by atoms with E-state index >= 15 is 0 Å². The zero-order valence-corrected chi connectivity index (χ0v) is 12.1. The van der Waals surface area contributed by atoms with Gasteiger partial charge in [-0.15, -0.1) is 11.3 Å². The van der Waals surface area contributed by atoms with Crippen molar-refractivity contribution in [2.75, 3.05) is 5.32 Å². The lowest BCUT2D eigenvalue weighted by Gasteiger charge is -2.11. The molecule has 0 amide bonds. The van der Waals surface area contributed by atoms with E-state index in [1.54, 1.807) is 11.3 Å². The van der Waals surface area contributed by atoms with E-state index in [9.17, 15) is 0 Å². The summed E-state index contributed by atoms with van der Waals surface area (Å²) in [5.41, 5.74) is 8.84. The van der Waals surface area contributed by atoms with Crippen LogP contribution in [0.2, 0.25) is 0 Å². The van der Waals surface area contributed by atoms with E-state index in [2.05, 4.69) is 37.4 Å². The number of thiophene rings is 1. The normalized spacial score (nSPS) is 10.3. The van der Waals surface area contributed by atoms with Gasteiger partial charge in [0.05, 0.1) is 0 Å². The smallest absolute Gasteiger partial charge is 0.106 e. The van der Waals surface area contributed by atoms with Crippen LogP contribution >= 0.6 is 23.6 Å². The Labute approximate surface area is 117 Å². The van der Waals surface area contributed by atoms with Crippen molar-refractivity contribution in [3.8, 4) is 0 Å². The average molecular weight is 276 g/mol. The molecule has 0 bridgehead atoms. The van der Waals surface area contributed by atoms with Crippen molar-refractivity contribution in [1.29, 1.82) is 0 Å². The second-order valence-corrected chi connectivity index (χ2v) is 6.09. The lowest BCUT2D eigenvalue weighted by molar-refractivity contribution is 1.19. The molecule has 0 aliphatic heterocycles. The molecule has 1 aromatic heterocycles. The first kappa shape index (κ1) is 13.1. The van der Waals surface area contributed by atoms with Gasteiger partial charge in [-0.05, 0) is 43.7 Å². The molecule has 4 heteroatoms. The molecular formula is C14H16N2S2. The first-order valence-corrected chi connectivity index (χ1v) is 6.98. The number of rotatable bonds is 4. The molecule has 0 atom stereocenters. The first-order valence-electron chi connectivity index (χ1n) is 5.76. The van der Waals surface area contributed by atoms with Gasteiger partial charge in [-0.25, -0.2) is 0 Å². The van der Waals surface area contributed by atoms with Gasteiger partial charge in [-0.3, -0.25) is 0 Å². The highest BCUT2D eigenvalue weighted by Gasteiger charge is 2.05. The number of nitrogens with one attached hydrogen (secondary N) is 1. The van der Waals surface area contributed by atoms with Crippen molar-refractivity contribution < 1.29 is 0 Å².